The van der Waals surface area contributed by atoms with E-state index < -0.39 is 5.60 Å². The third-order valence-corrected chi connectivity index (χ3v) is 3.54. The molecular formula is C13H16BrNO2. The van der Waals surface area contributed by atoms with Gasteiger partial charge in [-0.2, -0.15) is 0 Å². The van der Waals surface area contributed by atoms with Gasteiger partial charge in [0.2, 0.25) is 5.91 Å². The van der Waals surface area contributed by atoms with E-state index >= 15 is 0 Å². The van der Waals surface area contributed by atoms with Crippen LogP contribution in [0.25, 0.3) is 0 Å². The molecular weight excluding hydrogens is 282 g/mol. The monoisotopic (exact) mass is 297 g/mol. The largest absolute Gasteiger partial charge is 0.388 e. The van der Waals surface area contributed by atoms with E-state index in [-0.39, 0.29) is 5.91 Å². The van der Waals surface area contributed by atoms with Crippen LogP contribution in [0.2, 0.25) is 0 Å². The highest BCUT2D eigenvalue weighted by molar-refractivity contribution is 9.10. The average molecular weight is 298 g/mol. The Morgan fingerprint density at radius 3 is 2.94 bits per heavy atom. The van der Waals surface area contributed by atoms with Crippen LogP contribution in [0.1, 0.15) is 18.9 Å². The van der Waals surface area contributed by atoms with Crippen molar-refractivity contribution in [1.29, 1.82) is 0 Å². The fraction of sp³-hybridized carbons (Fsp3) is 0.462. The van der Waals surface area contributed by atoms with Crippen LogP contribution in [0.5, 0.6) is 0 Å². The SMILES string of the molecule is CC1(O)CCN(C(=O)Cc2cccc(Br)c2)C1. The van der Waals surface area contributed by atoms with E-state index in [2.05, 4.69) is 15.9 Å². The zero-order chi connectivity index (χ0) is 12.5. The molecule has 1 aliphatic rings. The minimum Gasteiger partial charge on any atom is -0.388 e. The maximum atomic E-state index is 12.0. The van der Waals surface area contributed by atoms with Crippen molar-refractivity contribution in [3.05, 3.63) is 34.3 Å². The van der Waals surface area contributed by atoms with E-state index in [1.807, 2.05) is 24.3 Å². The molecule has 3 nitrogen and oxygen atoms in total. The van der Waals surface area contributed by atoms with Gasteiger partial charge in [0.05, 0.1) is 12.0 Å². The van der Waals surface area contributed by atoms with E-state index in [1.165, 1.54) is 0 Å². The fourth-order valence-electron chi connectivity index (χ4n) is 2.09. The molecule has 2 rings (SSSR count). The Bertz CT molecular complexity index is 431. The molecule has 1 fully saturated rings. The van der Waals surface area contributed by atoms with Gasteiger partial charge in [-0.15, -0.1) is 0 Å². The summed E-state index contributed by atoms with van der Waals surface area (Å²) in [5.74, 6) is 0.0841. The predicted molar refractivity (Wildman–Crippen MR) is 69.7 cm³/mol. The van der Waals surface area contributed by atoms with Crippen LogP contribution in [0.3, 0.4) is 0 Å². The third kappa shape index (κ3) is 3.30. The summed E-state index contributed by atoms with van der Waals surface area (Å²) in [6.07, 6.45) is 1.06. The van der Waals surface area contributed by atoms with Crippen molar-refractivity contribution in [2.45, 2.75) is 25.4 Å². The molecule has 1 saturated heterocycles. The summed E-state index contributed by atoms with van der Waals surface area (Å²) < 4.78 is 0.983. The van der Waals surface area contributed by atoms with Gasteiger partial charge in [-0.3, -0.25) is 4.79 Å². The van der Waals surface area contributed by atoms with Crippen molar-refractivity contribution in [2.75, 3.05) is 13.1 Å². The number of likely N-dealkylation sites (tertiary alicyclic amines) is 1. The van der Waals surface area contributed by atoms with Gasteiger partial charge >= 0.3 is 0 Å². The zero-order valence-corrected chi connectivity index (χ0v) is 11.4. The van der Waals surface area contributed by atoms with Gasteiger partial charge in [-0.05, 0) is 31.0 Å². The minimum absolute atomic E-state index is 0.0841. The second-order valence-corrected chi connectivity index (χ2v) is 5.78. The lowest BCUT2D eigenvalue weighted by Gasteiger charge is -2.19. The van der Waals surface area contributed by atoms with Crippen LogP contribution in [-0.4, -0.2) is 34.6 Å². The maximum absolute atomic E-state index is 12.0. The maximum Gasteiger partial charge on any atom is 0.227 e. The van der Waals surface area contributed by atoms with Crippen LogP contribution >= 0.6 is 15.9 Å². The van der Waals surface area contributed by atoms with Crippen molar-refractivity contribution < 1.29 is 9.90 Å². The molecule has 0 saturated carbocycles. The second kappa shape index (κ2) is 4.78. The molecule has 17 heavy (non-hydrogen) atoms. The number of rotatable bonds is 2. The van der Waals surface area contributed by atoms with Crippen LogP contribution in [0.15, 0.2) is 28.7 Å². The second-order valence-electron chi connectivity index (χ2n) is 4.87. The quantitative estimate of drug-likeness (QED) is 0.907. The molecule has 1 N–H and O–H groups in total. The normalized spacial score (nSPS) is 24.1. The number of hydrogen-bond donors (Lipinski definition) is 1. The molecule has 1 heterocycles. The van der Waals surface area contributed by atoms with E-state index in [0.29, 0.717) is 25.9 Å². The number of benzene rings is 1. The Hall–Kier alpha value is -0.870. The van der Waals surface area contributed by atoms with Crippen LogP contribution in [-0.2, 0) is 11.2 Å². The first-order chi connectivity index (χ1) is 7.96. The number of β-amino-alcohol motifs (C(OH)–C–C–N with tert-alkyl or cyclic N) is 1. The van der Waals surface area contributed by atoms with Crippen LogP contribution < -0.4 is 0 Å². The number of carbonyl (C=O) groups excluding carboxylic acids is 1. The van der Waals surface area contributed by atoms with Gasteiger partial charge in [-0.1, -0.05) is 28.1 Å². The number of halogens is 1. The van der Waals surface area contributed by atoms with Gasteiger partial charge in [0, 0.05) is 17.6 Å². The zero-order valence-electron chi connectivity index (χ0n) is 9.82. The van der Waals surface area contributed by atoms with E-state index in [1.54, 1.807) is 11.8 Å². The van der Waals surface area contributed by atoms with Gasteiger partial charge in [-0.25, -0.2) is 0 Å². The van der Waals surface area contributed by atoms with Crippen molar-refractivity contribution in [2.24, 2.45) is 0 Å². The molecule has 0 aromatic heterocycles. The molecule has 1 unspecified atom stereocenters. The molecule has 0 spiro atoms. The predicted octanol–water partition coefficient (Wildman–Crippen LogP) is 1.97. The molecule has 0 aliphatic carbocycles. The first-order valence-corrected chi connectivity index (χ1v) is 6.50. The lowest BCUT2D eigenvalue weighted by Crippen LogP contribution is -2.34. The van der Waals surface area contributed by atoms with E-state index in [4.69, 9.17) is 0 Å². The summed E-state index contributed by atoms with van der Waals surface area (Å²) in [5, 5.41) is 9.82. The summed E-state index contributed by atoms with van der Waals surface area (Å²) >= 11 is 3.39. The molecule has 1 aliphatic heterocycles. The standard InChI is InChI=1S/C13H16BrNO2/c1-13(17)5-6-15(9-13)12(16)8-10-3-2-4-11(14)7-10/h2-4,7,17H,5-6,8-9H2,1H3. The topological polar surface area (TPSA) is 40.5 Å². The molecule has 0 bridgehead atoms. The summed E-state index contributed by atoms with van der Waals surface area (Å²) in [6.45, 7) is 2.87. The molecule has 0 radical (unpaired) electrons. The van der Waals surface area contributed by atoms with Gasteiger partial charge < -0.3 is 10.0 Å². The number of carbonyl (C=O) groups is 1. The van der Waals surface area contributed by atoms with E-state index in [0.717, 1.165) is 10.0 Å². The van der Waals surface area contributed by atoms with Crippen LogP contribution in [0.4, 0.5) is 0 Å². The lowest BCUT2D eigenvalue weighted by molar-refractivity contribution is -0.130. The molecule has 1 amide bonds. The minimum atomic E-state index is -0.715. The van der Waals surface area contributed by atoms with Crippen LogP contribution in [0, 0.1) is 0 Å². The van der Waals surface area contributed by atoms with Crippen molar-refractivity contribution in [3.63, 3.8) is 0 Å². The highest BCUT2D eigenvalue weighted by atomic mass is 79.9. The third-order valence-electron chi connectivity index (χ3n) is 3.05. The summed E-state index contributed by atoms with van der Waals surface area (Å²) in [7, 11) is 0. The average Bonchev–Trinajstić information content (AvgIpc) is 2.59. The first-order valence-electron chi connectivity index (χ1n) is 5.71. The fourth-order valence-corrected chi connectivity index (χ4v) is 2.54. The Kier molecular flexibility index (Phi) is 3.54. The summed E-state index contributed by atoms with van der Waals surface area (Å²) in [4.78, 5) is 13.8. The van der Waals surface area contributed by atoms with Gasteiger partial charge in [0.15, 0.2) is 0 Å². The summed E-state index contributed by atoms with van der Waals surface area (Å²) in [6, 6.07) is 7.75. The molecule has 4 heteroatoms. The smallest absolute Gasteiger partial charge is 0.227 e. The van der Waals surface area contributed by atoms with Gasteiger partial charge in [0.1, 0.15) is 0 Å². The molecule has 92 valence electrons. The number of aliphatic hydroxyl groups is 1. The molecule has 1 aromatic rings. The first kappa shape index (κ1) is 12.6. The van der Waals surface area contributed by atoms with E-state index in [9.17, 15) is 9.90 Å². The lowest BCUT2D eigenvalue weighted by atomic mass is 10.1. The Morgan fingerprint density at radius 1 is 1.59 bits per heavy atom. The van der Waals surface area contributed by atoms with Crippen molar-refractivity contribution >= 4 is 21.8 Å². The Morgan fingerprint density at radius 2 is 2.35 bits per heavy atom. The van der Waals surface area contributed by atoms with Crippen molar-refractivity contribution in [1.82, 2.24) is 4.90 Å². The number of nitrogens with zero attached hydrogens (tertiary/aromatic N) is 1. The van der Waals surface area contributed by atoms with Gasteiger partial charge in [0.25, 0.3) is 0 Å². The molecule has 1 atom stereocenters. The summed E-state index contributed by atoms with van der Waals surface area (Å²) in [5.41, 5.74) is 0.281. The molecule has 1 aromatic carbocycles. The number of amides is 1. The van der Waals surface area contributed by atoms with Crippen molar-refractivity contribution in [3.8, 4) is 0 Å². The highest BCUT2D eigenvalue weighted by Gasteiger charge is 2.33. The Balaban J connectivity index is 1.98. The Labute approximate surface area is 110 Å². The highest BCUT2D eigenvalue weighted by Crippen LogP contribution is 2.21. The number of hydrogen-bond acceptors (Lipinski definition) is 2.